The van der Waals surface area contributed by atoms with E-state index in [1.54, 1.807) is 4.40 Å². The molecule has 1 aliphatic rings. The third-order valence-electron chi connectivity index (χ3n) is 3.22. The van der Waals surface area contributed by atoms with Crippen LogP contribution in [-0.4, -0.2) is 33.7 Å². The maximum atomic E-state index is 11.8. The molecule has 0 fully saturated rings. The first-order valence-corrected chi connectivity index (χ1v) is 5.84. The molecule has 6 heteroatoms. The van der Waals surface area contributed by atoms with Gasteiger partial charge in [-0.05, 0) is 25.7 Å². The predicted octanol–water partition coefficient (Wildman–Crippen LogP) is 0.362. The van der Waals surface area contributed by atoms with Crippen molar-refractivity contribution in [3.05, 3.63) is 21.7 Å². The van der Waals surface area contributed by atoms with E-state index in [0.717, 1.165) is 42.6 Å². The quantitative estimate of drug-likeness (QED) is 0.772. The summed E-state index contributed by atoms with van der Waals surface area (Å²) in [5, 5.41) is 6.65. The van der Waals surface area contributed by atoms with E-state index in [1.165, 1.54) is 0 Å². The van der Waals surface area contributed by atoms with E-state index < -0.39 is 0 Å². The van der Waals surface area contributed by atoms with Gasteiger partial charge in [-0.1, -0.05) is 0 Å². The smallest absolute Gasteiger partial charge is 0.348 e. The molecule has 0 unspecified atom stereocenters. The van der Waals surface area contributed by atoms with Crippen molar-refractivity contribution in [3.63, 3.8) is 0 Å². The second-order valence-corrected chi connectivity index (χ2v) is 4.63. The fraction of sp³-hybridized carbons (Fsp3) is 0.545. The first-order valence-electron chi connectivity index (χ1n) is 5.84. The van der Waals surface area contributed by atoms with Crippen molar-refractivity contribution in [1.82, 2.24) is 19.6 Å². The lowest BCUT2D eigenvalue weighted by molar-refractivity contribution is 0.662. The summed E-state index contributed by atoms with van der Waals surface area (Å²) in [4.78, 5) is 18.2. The molecule has 0 aromatic carbocycles. The largest absolute Gasteiger partial charge is 0.350 e. The molecule has 0 spiro atoms. The number of anilines is 1. The number of fused-ring (bicyclic) bond motifs is 3. The van der Waals surface area contributed by atoms with Gasteiger partial charge in [0.2, 0.25) is 5.95 Å². The molecule has 17 heavy (non-hydrogen) atoms. The topological polar surface area (TPSA) is 66.3 Å². The summed E-state index contributed by atoms with van der Waals surface area (Å²) in [5.74, 6) is 0.652. The minimum absolute atomic E-state index is 0.218. The molecular formula is C11H15N5O. The van der Waals surface area contributed by atoms with E-state index in [2.05, 4.69) is 15.2 Å². The molecule has 2 heterocycles. The number of hydrogen-bond donors (Lipinski definition) is 1. The molecule has 6 nitrogen and oxygen atoms in total. The van der Waals surface area contributed by atoms with Crippen LogP contribution in [0.1, 0.15) is 24.1 Å². The number of nitrogens with one attached hydrogen (secondary N) is 1. The highest BCUT2D eigenvalue weighted by Gasteiger charge is 2.20. The van der Waals surface area contributed by atoms with Crippen LogP contribution in [0.4, 0.5) is 5.95 Å². The molecule has 0 saturated heterocycles. The van der Waals surface area contributed by atoms with Gasteiger partial charge in [0.25, 0.3) is 0 Å². The number of hydrogen-bond acceptors (Lipinski definition) is 4. The van der Waals surface area contributed by atoms with Crippen LogP contribution >= 0.6 is 0 Å². The second kappa shape index (κ2) is 3.58. The summed E-state index contributed by atoms with van der Waals surface area (Å²) in [6.07, 6.45) is 4.25. The summed E-state index contributed by atoms with van der Waals surface area (Å²) in [6, 6.07) is 0. The molecular weight excluding hydrogens is 218 g/mol. The standard InChI is InChI=1S/C11H15N5O/c1-15(2)10-12-8-6-4-3-5-7(8)9-13-14-11(17)16(9)10/h3-6H2,1-2H3,(H,14,17). The molecule has 0 radical (unpaired) electrons. The molecule has 0 saturated carbocycles. The third kappa shape index (κ3) is 1.44. The van der Waals surface area contributed by atoms with Gasteiger partial charge in [0.05, 0.1) is 5.69 Å². The lowest BCUT2D eigenvalue weighted by atomic mass is 9.97. The number of aryl methyl sites for hydroxylation is 2. The van der Waals surface area contributed by atoms with Crippen molar-refractivity contribution in [2.75, 3.05) is 19.0 Å². The molecule has 0 bridgehead atoms. The Bertz CT molecular complexity index is 625. The fourth-order valence-electron chi connectivity index (χ4n) is 2.41. The molecule has 2 aromatic rings. The van der Waals surface area contributed by atoms with Gasteiger partial charge in [-0.25, -0.2) is 19.3 Å². The summed E-state index contributed by atoms with van der Waals surface area (Å²) in [6.45, 7) is 0. The first-order chi connectivity index (χ1) is 8.18. The third-order valence-corrected chi connectivity index (χ3v) is 3.22. The zero-order chi connectivity index (χ0) is 12.0. The SMILES string of the molecule is CN(C)c1nc2c(c3n[nH]c(=O)n13)CCCC2. The Labute approximate surface area is 98.3 Å². The van der Waals surface area contributed by atoms with Crippen molar-refractivity contribution >= 4 is 11.6 Å². The highest BCUT2D eigenvalue weighted by Crippen LogP contribution is 2.24. The van der Waals surface area contributed by atoms with Crippen molar-refractivity contribution in [2.24, 2.45) is 0 Å². The highest BCUT2D eigenvalue weighted by molar-refractivity contribution is 5.55. The van der Waals surface area contributed by atoms with Gasteiger partial charge in [-0.15, -0.1) is 0 Å². The van der Waals surface area contributed by atoms with Crippen LogP contribution in [0.5, 0.6) is 0 Å². The van der Waals surface area contributed by atoms with Crippen LogP contribution in [0, 0.1) is 0 Å². The van der Waals surface area contributed by atoms with E-state index >= 15 is 0 Å². The van der Waals surface area contributed by atoms with Crippen LogP contribution in [-0.2, 0) is 12.8 Å². The minimum atomic E-state index is -0.218. The Morgan fingerprint density at radius 2 is 2.06 bits per heavy atom. The van der Waals surface area contributed by atoms with E-state index in [4.69, 9.17) is 0 Å². The number of H-pyrrole nitrogens is 1. The first kappa shape index (κ1) is 10.3. The molecule has 0 aliphatic heterocycles. The fourth-order valence-corrected chi connectivity index (χ4v) is 2.41. The summed E-state index contributed by atoms with van der Waals surface area (Å²) < 4.78 is 1.56. The molecule has 2 aromatic heterocycles. The summed E-state index contributed by atoms with van der Waals surface area (Å²) >= 11 is 0. The summed E-state index contributed by atoms with van der Waals surface area (Å²) in [5.41, 5.74) is 2.74. The zero-order valence-corrected chi connectivity index (χ0v) is 10.0. The monoisotopic (exact) mass is 233 g/mol. The van der Waals surface area contributed by atoms with Gasteiger partial charge in [0.1, 0.15) is 0 Å². The van der Waals surface area contributed by atoms with Gasteiger partial charge < -0.3 is 4.90 Å². The second-order valence-electron chi connectivity index (χ2n) is 4.63. The molecule has 1 N–H and O–H groups in total. The molecule has 3 rings (SSSR count). The van der Waals surface area contributed by atoms with Crippen molar-refractivity contribution < 1.29 is 0 Å². The number of nitrogens with zero attached hydrogens (tertiary/aromatic N) is 4. The van der Waals surface area contributed by atoms with Crippen molar-refractivity contribution in [3.8, 4) is 0 Å². The van der Waals surface area contributed by atoms with Gasteiger partial charge >= 0.3 is 5.69 Å². The Hall–Kier alpha value is -1.85. The average Bonchev–Trinajstić information content (AvgIpc) is 2.71. The lowest BCUT2D eigenvalue weighted by Gasteiger charge is -2.19. The normalized spacial score (nSPS) is 14.9. The van der Waals surface area contributed by atoms with E-state index in [0.29, 0.717) is 5.95 Å². The van der Waals surface area contributed by atoms with Gasteiger partial charge in [0, 0.05) is 19.7 Å². The van der Waals surface area contributed by atoms with E-state index in [1.807, 2.05) is 19.0 Å². The van der Waals surface area contributed by atoms with Gasteiger partial charge in [-0.3, -0.25) is 0 Å². The number of aromatic amines is 1. The highest BCUT2D eigenvalue weighted by atomic mass is 16.1. The Kier molecular flexibility index (Phi) is 2.17. The van der Waals surface area contributed by atoms with E-state index in [-0.39, 0.29) is 5.69 Å². The van der Waals surface area contributed by atoms with Crippen LogP contribution in [0.3, 0.4) is 0 Å². The maximum absolute atomic E-state index is 11.8. The lowest BCUT2D eigenvalue weighted by Crippen LogP contribution is -2.23. The van der Waals surface area contributed by atoms with Crippen molar-refractivity contribution in [1.29, 1.82) is 0 Å². The molecule has 90 valence electrons. The Morgan fingerprint density at radius 3 is 2.82 bits per heavy atom. The zero-order valence-electron chi connectivity index (χ0n) is 10.0. The van der Waals surface area contributed by atoms with Crippen LogP contribution < -0.4 is 10.6 Å². The molecule has 1 aliphatic carbocycles. The predicted molar refractivity (Wildman–Crippen MR) is 64.6 cm³/mol. The summed E-state index contributed by atoms with van der Waals surface area (Å²) in [7, 11) is 3.77. The Balaban J connectivity index is 2.41. The number of rotatable bonds is 1. The Morgan fingerprint density at radius 1 is 1.29 bits per heavy atom. The minimum Gasteiger partial charge on any atom is -0.348 e. The van der Waals surface area contributed by atoms with Gasteiger partial charge in [-0.2, -0.15) is 5.10 Å². The average molecular weight is 233 g/mol. The van der Waals surface area contributed by atoms with E-state index in [9.17, 15) is 4.79 Å². The van der Waals surface area contributed by atoms with Crippen molar-refractivity contribution in [2.45, 2.75) is 25.7 Å². The van der Waals surface area contributed by atoms with Crippen LogP contribution in [0.15, 0.2) is 4.79 Å². The number of aromatic nitrogens is 4. The molecule has 0 amide bonds. The van der Waals surface area contributed by atoms with Gasteiger partial charge in [0.15, 0.2) is 5.65 Å². The van der Waals surface area contributed by atoms with Crippen LogP contribution in [0.25, 0.3) is 5.65 Å². The van der Waals surface area contributed by atoms with Crippen LogP contribution in [0.2, 0.25) is 0 Å². The maximum Gasteiger partial charge on any atom is 0.350 e. The molecule has 0 atom stereocenters.